The van der Waals surface area contributed by atoms with Gasteiger partial charge >= 0.3 is 0 Å². The van der Waals surface area contributed by atoms with Crippen LogP contribution in [0.3, 0.4) is 0 Å². The molecule has 138 valence electrons. The molecule has 0 aliphatic heterocycles. The average molecular weight is 333 g/mol. The molecule has 0 spiro atoms. The van der Waals surface area contributed by atoms with Crippen LogP contribution in [0.5, 0.6) is 5.75 Å². The molecule has 1 aromatic rings. The van der Waals surface area contributed by atoms with Crippen LogP contribution in [0.2, 0.25) is 0 Å². The Balaban J connectivity index is 2.90. The molecule has 24 heavy (non-hydrogen) atoms. The molecule has 1 N–H and O–H groups in total. The molecule has 0 fully saturated rings. The van der Waals surface area contributed by atoms with Crippen LogP contribution in [0.1, 0.15) is 98.5 Å². The smallest absolute Gasteiger partial charge is 0.119 e. The predicted octanol–water partition coefficient (Wildman–Crippen LogP) is 7.54. The molecular weight excluding hydrogens is 292 g/mol. The van der Waals surface area contributed by atoms with Gasteiger partial charge < -0.3 is 5.11 Å². The van der Waals surface area contributed by atoms with E-state index in [9.17, 15) is 5.11 Å². The molecule has 1 heteroatoms. The van der Waals surface area contributed by atoms with E-state index in [4.69, 9.17) is 0 Å². The number of para-hydroxylation sites is 1. The first-order valence-corrected chi connectivity index (χ1v) is 9.85. The highest BCUT2D eigenvalue weighted by Crippen LogP contribution is 2.45. The zero-order chi connectivity index (χ0) is 18.4. The van der Waals surface area contributed by atoms with Crippen molar-refractivity contribution >= 4 is 0 Å². The molecule has 0 bridgehead atoms. The van der Waals surface area contributed by atoms with Gasteiger partial charge in [-0.2, -0.15) is 0 Å². The third-order valence-electron chi connectivity index (χ3n) is 5.43. The fourth-order valence-electron chi connectivity index (χ4n) is 4.46. The molecule has 1 unspecified atom stereocenters. The highest BCUT2D eigenvalue weighted by atomic mass is 16.3. The molecule has 0 radical (unpaired) electrons. The van der Waals surface area contributed by atoms with Crippen LogP contribution < -0.4 is 0 Å². The Morgan fingerprint density at radius 2 is 1.42 bits per heavy atom. The second kappa shape index (κ2) is 8.92. The van der Waals surface area contributed by atoms with Crippen molar-refractivity contribution in [1.82, 2.24) is 0 Å². The first-order chi connectivity index (χ1) is 11.1. The van der Waals surface area contributed by atoms with Crippen molar-refractivity contribution in [3.05, 3.63) is 29.8 Å². The van der Waals surface area contributed by atoms with Gasteiger partial charge in [-0.05, 0) is 53.6 Å². The van der Waals surface area contributed by atoms with E-state index >= 15 is 0 Å². The number of unbranched alkanes of at least 4 members (excludes halogenated alkanes) is 2. The van der Waals surface area contributed by atoms with E-state index in [-0.39, 0.29) is 0 Å². The van der Waals surface area contributed by atoms with Crippen molar-refractivity contribution in [2.45, 2.75) is 92.9 Å². The maximum absolute atomic E-state index is 10.3. The van der Waals surface area contributed by atoms with Gasteiger partial charge in [-0.25, -0.2) is 0 Å². The van der Waals surface area contributed by atoms with E-state index in [0.29, 0.717) is 28.4 Å². The lowest BCUT2D eigenvalue weighted by Crippen LogP contribution is -2.32. The molecule has 0 aliphatic carbocycles. The third-order valence-corrected chi connectivity index (χ3v) is 5.43. The normalized spacial score (nSPS) is 14.2. The highest BCUT2D eigenvalue weighted by Gasteiger charge is 2.35. The second-order valence-electron chi connectivity index (χ2n) is 9.61. The molecule has 0 saturated carbocycles. The zero-order valence-corrected chi connectivity index (χ0v) is 17.2. The molecule has 0 aliphatic rings. The molecule has 1 nitrogen and oxygen atoms in total. The average Bonchev–Trinajstić information content (AvgIpc) is 2.44. The number of rotatable bonds is 8. The Hall–Kier alpha value is -0.980. The van der Waals surface area contributed by atoms with Crippen LogP contribution in [0.15, 0.2) is 24.3 Å². The SMILES string of the molecule is CCCCCC(CCC(C(C)(C)C)C(C)(C)C)c1ccccc1O. The maximum Gasteiger partial charge on any atom is 0.119 e. The van der Waals surface area contributed by atoms with Crippen molar-refractivity contribution in [2.24, 2.45) is 16.7 Å². The van der Waals surface area contributed by atoms with Crippen LogP contribution in [-0.2, 0) is 0 Å². The van der Waals surface area contributed by atoms with Gasteiger partial charge in [-0.3, -0.25) is 0 Å². The predicted molar refractivity (Wildman–Crippen MR) is 107 cm³/mol. The van der Waals surface area contributed by atoms with Gasteiger partial charge in [-0.15, -0.1) is 0 Å². The Labute approximate surface area is 150 Å². The Bertz CT molecular complexity index is 462. The largest absolute Gasteiger partial charge is 0.508 e. The molecule has 1 aromatic carbocycles. The number of benzene rings is 1. The first-order valence-electron chi connectivity index (χ1n) is 9.85. The van der Waals surface area contributed by atoms with E-state index in [0.717, 1.165) is 5.56 Å². The maximum atomic E-state index is 10.3. The summed E-state index contributed by atoms with van der Waals surface area (Å²) in [6, 6.07) is 7.95. The van der Waals surface area contributed by atoms with Gasteiger partial charge in [0.2, 0.25) is 0 Å². The van der Waals surface area contributed by atoms with Gasteiger partial charge in [0.05, 0.1) is 0 Å². The van der Waals surface area contributed by atoms with Crippen LogP contribution in [0.4, 0.5) is 0 Å². The van der Waals surface area contributed by atoms with Crippen molar-refractivity contribution in [2.75, 3.05) is 0 Å². The van der Waals surface area contributed by atoms with Crippen LogP contribution >= 0.6 is 0 Å². The fourth-order valence-corrected chi connectivity index (χ4v) is 4.46. The second-order valence-corrected chi connectivity index (χ2v) is 9.61. The van der Waals surface area contributed by atoms with Crippen molar-refractivity contribution < 1.29 is 5.11 Å². The molecular formula is C23H40O. The number of hydrogen-bond donors (Lipinski definition) is 1. The molecule has 0 aromatic heterocycles. The summed E-state index contributed by atoms with van der Waals surface area (Å²) < 4.78 is 0. The van der Waals surface area contributed by atoms with Crippen molar-refractivity contribution in [3.63, 3.8) is 0 Å². The number of phenols is 1. The van der Waals surface area contributed by atoms with Gasteiger partial charge in [-0.1, -0.05) is 85.9 Å². The first kappa shape index (κ1) is 21.1. The highest BCUT2D eigenvalue weighted by molar-refractivity contribution is 5.34. The van der Waals surface area contributed by atoms with Gasteiger partial charge in [0, 0.05) is 0 Å². The standard InChI is InChI=1S/C23H40O/c1-8-9-10-13-18(19-14-11-12-15-20(19)24)16-17-21(22(2,3)4)23(5,6)7/h11-12,14-15,18,21,24H,8-10,13,16-17H2,1-7H3. The summed E-state index contributed by atoms with van der Waals surface area (Å²) in [5.41, 5.74) is 1.77. The lowest BCUT2D eigenvalue weighted by molar-refractivity contribution is 0.0880. The van der Waals surface area contributed by atoms with Crippen LogP contribution in [0, 0.1) is 16.7 Å². The summed E-state index contributed by atoms with van der Waals surface area (Å²) in [5, 5.41) is 10.3. The monoisotopic (exact) mass is 332 g/mol. The Morgan fingerprint density at radius 3 is 1.92 bits per heavy atom. The number of hydrogen-bond acceptors (Lipinski definition) is 1. The van der Waals surface area contributed by atoms with Crippen molar-refractivity contribution in [1.29, 1.82) is 0 Å². The molecule has 0 saturated heterocycles. The van der Waals surface area contributed by atoms with Crippen molar-refractivity contribution in [3.8, 4) is 5.75 Å². The van der Waals surface area contributed by atoms with Gasteiger partial charge in [0.1, 0.15) is 5.75 Å². The number of phenolic OH excluding ortho intramolecular Hbond substituents is 1. The summed E-state index contributed by atoms with van der Waals surface area (Å²) in [6.45, 7) is 16.5. The fraction of sp³-hybridized carbons (Fsp3) is 0.739. The number of aromatic hydroxyl groups is 1. The minimum Gasteiger partial charge on any atom is -0.508 e. The minimum atomic E-state index is 0.310. The molecule has 1 rings (SSSR count). The van der Waals surface area contributed by atoms with Gasteiger partial charge in [0.15, 0.2) is 0 Å². The van der Waals surface area contributed by atoms with E-state index in [1.807, 2.05) is 12.1 Å². The van der Waals surface area contributed by atoms with E-state index in [2.05, 4.69) is 60.6 Å². The topological polar surface area (TPSA) is 20.2 Å². The lowest BCUT2D eigenvalue weighted by atomic mass is 9.64. The Kier molecular flexibility index (Phi) is 7.83. The quantitative estimate of drug-likeness (QED) is 0.487. The van der Waals surface area contributed by atoms with Crippen LogP contribution in [0.25, 0.3) is 0 Å². The summed E-state index contributed by atoms with van der Waals surface area (Å²) in [7, 11) is 0. The zero-order valence-electron chi connectivity index (χ0n) is 17.2. The Morgan fingerprint density at radius 1 is 0.833 bits per heavy atom. The summed E-state index contributed by atoms with van der Waals surface area (Å²) >= 11 is 0. The summed E-state index contributed by atoms with van der Waals surface area (Å²) in [5.74, 6) is 1.62. The van der Waals surface area contributed by atoms with E-state index in [1.54, 1.807) is 0 Å². The summed E-state index contributed by atoms with van der Waals surface area (Å²) in [4.78, 5) is 0. The van der Waals surface area contributed by atoms with E-state index < -0.39 is 0 Å². The van der Waals surface area contributed by atoms with E-state index in [1.165, 1.54) is 38.5 Å². The third kappa shape index (κ3) is 6.49. The van der Waals surface area contributed by atoms with Gasteiger partial charge in [0.25, 0.3) is 0 Å². The molecule has 0 amide bonds. The molecule has 0 heterocycles. The summed E-state index contributed by atoms with van der Waals surface area (Å²) in [6.07, 6.45) is 7.36. The lowest BCUT2D eigenvalue weighted by Gasteiger charge is -2.41. The van der Waals surface area contributed by atoms with Crippen LogP contribution in [-0.4, -0.2) is 5.11 Å². The minimum absolute atomic E-state index is 0.310. The molecule has 1 atom stereocenters.